The number of methoxy groups -OCH3 is 1. The van der Waals surface area contributed by atoms with Gasteiger partial charge < -0.3 is 9.64 Å². The minimum Gasteiger partial charge on any atom is -0.495 e. The summed E-state index contributed by atoms with van der Waals surface area (Å²) in [5, 5.41) is 0.983. The smallest absolute Gasteiger partial charge is 0.137 e. The zero-order chi connectivity index (χ0) is 11.4. The molecule has 3 nitrogen and oxygen atoms in total. The van der Waals surface area contributed by atoms with E-state index in [0.29, 0.717) is 6.04 Å². The summed E-state index contributed by atoms with van der Waals surface area (Å²) in [6, 6.07) is 4.70. The molecule has 16 heavy (non-hydrogen) atoms. The summed E-state index contributed by atoms with van der Waals surface area (Å²) in [7, 11) is 1.67. The average Bonchev–Trinajstić information content (AvgIpc) is 2.26. The Hall–Kier alpha value is -0.770. The third kappa shape index (κ3) is 2.48. The number of aromatic nitrogens is 1. The van der Waals surface area contributed by atoms with Crippen LogP contribution in [0, 0.1) is 0 Å². The van der Waals surface area contributed by atoms with Crippen molar-refractivity contribution in [2.24, 2.45) is 0 Å². The molecule has 0 amide bonds. The first-order valence-electron chi connectivity index (χ1n) is 5.68. The van der Waals surface area contributed by atoms with Gasteiger partial charge >= 0.3 is 0 Å². The Bertz CT molecular complexity index is 324. The molecule has 1 fully saturated rings. The molecule has 0 N–H and O–H groups in total. The van der Waals surface area contributed by atoms with Crippen LogP contribution in [-0.4, -0.2) is 30.0 Å². The van der Waals surface area contributed by atoms with Gasteiger partial charge in [-0.05, 0) is 31.4 Å². The molecule has 1 aliphatic carbocycles. The van der Waals surface area contributed by atoms with E-state index in [2.05, 4.69) is 25.8 Å². The number of hydrogen-bond acceptors (Lipinski definition) is 3. The molecule has 0 radical (unpaired) electrons. The van der Waals surface area contributed by atoms with E-state index in [1.54, 1.807) is 13.3 Å². The number of anilines is 1. The largest absolute Gasteiger partial charge is 0.495 e. The van der Waals surface area contributed by atoms with Crippen LogP contribution in [0.5, 0.6) is 5.75 Å². The number of rotatable bonds is 5. The lowest BCUT2D eigenvalue weighted by atomic mass is 9.91. The lowest BCUT2D eigenvalue weighted by Gasteiger charge is -2.38. The SMILES string of the molecule is COc1ccc(N(CCBr)C2CCC2)nc1. The van der Waals surface area contributed by atoms with Crippen molar-refractivity contribution in [3.63, 3.8) is 0 Å². The fourth-order valence-corrected chi connectivity index (χ4v) is 2.32. The fraction of sp³-hybridized carbons (Fsp3) is 0.583. The molecule has 0 atom stereocenters. The van der Waals surface area contributed by atoms with E-state index in [4.69, 9.17) is 4.74 Å². The maximum atomic E-state index is 5.12. The van der Waals surface area contributed by atoms with E-state index in [1.807, 2.05) is 12.1 Å². The summed E-state index contributed by atoms with van der Waals surface area (Å²) in [4.78, 5) is 6.84. The van der Waals surface area contributed by atoms with E-state index < -0.39 is 0 Å². The molecular formula is C12H17BrN2O. The van der Waals surface area contributed by atoms with Crippen molar-refractivity contribution in [2.75, 3.05) is 23.9 Å². The summed E-state index contributed by atoms with van der Waals surface area (Å²) in [6.07, 6.45) is 5.72. The Balaban J connectivity index is 2.10. The normalized spacial score (nSPS) is 15.6. The van der Waals surface area contributed by atoms with Crippen molar-refractivity contribution in [1.29, 1.82) is 0 Å². The first kappa shape index (κ1) is 11.7. The quantitative estimate of drug-likeness (QED) is 0.778. The highest BCUT2D eigenvalue weighted by molar-refractivity contribution is 9.09. The predicted octanol–water partition coefficient (Wildman–Crippen LogP) is 2.84. The van der Waals surface area contributed by atoms with E-state index in [-0.39, 0.29) is 0 Å². The average molecular weight is 285 g/mol. The molecule has 1 heterocycles. The summed E-state index contributed by atoms with van der Waals surface area (Å²) in [5.74, 6) is 1.88. The molecule has 0 aromatic carbocycles. The van der Waals surface area contributed by atoms with Crippen LogP contribution in [0.15, 0.2) is 18.3 Å². The third-order valence-corrected chi connectivity index (χ3v) is 3.45. The predicted molar refractivity (Wildman–Crippen MR) is 69.6 cm³/mol. The van der Waals surface area contributed by atoms with Gasteiger partial charge in [0.05, 0.1) is 13.3 Å². The third-order valence-electron chi connectivity index (χ3n) is 3.09. The van der Waals surface area contributed by atoms with E-state index in [0.717, 1.165) is 23.4 Å². The van der Waals surface area contributed by atoms with Crippen molar-refractivity contribution in [3.8, 4) is 5.75 Å². The summed E-state index contributed by atoms with van der Waals surface area (Å²) >= 11 is 3.50. The molecule has 0 saturated heterocycles. The van der Waals surface area contributed by atoms with Gasteiger partial charge in [0.2, 0.25) is 0 Å². The Morgan fingerprint density at radius 3 is 2.75 bits per heavy atom. The van der Waals surface area contributed by atoms with Crippen LogP contribution in [0.4, 0.5) is 5.82 Å². The number of ether oxygens (including phenoxy) is 1. The molecular weight excluding hydrogens is 268 g/mol. The van der Waals surface area contributed by atoms with Crippen LogP contribution in [0.3, 0.4) is 0 Å². The zero-order valence-electron chi connectivity index (χ0n) is 9.53. The number of alkyl halides is 1. The van der Waals surface area contributed by atoms with Crippen LogP contribution in [0.2, 0.25) is 0 Å². The number of hydrogen-bond donors (Lipinski definition) is 0. The monoisotopic (exact) mass is 284 g/mol. The highest BCUT2D eigenvalue weighted by Crippen LogP contribution is 2.28. The van der Waals surface area contributed by atoms with Crippen molar-refractivity contribution in [3.05, 3.63) is 18.3 Å². The maximum absolute atomic E-state index is 5.12. The Kier molecular flexibility index (Phi) is 4.04. The molecule has 0 aliphatic heterocycles. The van der Waals surface area contributed by atoms with Gasteiger partial charge in [-0.3, -0.25) is 0 Å². The topological polar surface area (TPSA) is 25.4 Å². The van der Waals surface area contributed by atoms with Gasteiger partial charge in [-0.1, -0.05) is 15.9 Å². The standard InChI is InChI=1S/C12H17BrN2O/c1-16-11-5-6-12(14-9-11)15(8-7-13)10-3-2-4-10/h5-6,9-10H,2-4,7-8H2,1H3. The molecule has 0 unspecified atom stereocenters. The maximum Gasteiger partial charge on any atom is 0.137 e. The highest BCUT2D eigenvalue weighted by atomic mass is 79.9. The number of nitrogens with zero attached hydrogens (tertiary/aromatic N) is 2. The molecule has 1 aromatic rings. The van der Waals surface area contributed by atoms with Gasteiger partial charge in [0.15, 0.2) is 0 Å². The van der Waals surface area contributed by atoms with Crippen LogP contribution in [0.1, 0.15) is 19.3 Å². The molecule has 1 aromatic heterocycles. The highest BCUT2D eigenvalue weighted by Gasteiger charge is 2.25. The van der Waals surface area contributed by atoms with Crippen molar-refractivity contribution in [1.82, 2.24) is 4.98 Å². The molecule has 2 rings (SSSR count). The van der Waals surface area contributed by atoms with Gasteiger partial charge in [-0.25, -0.2) is 4.98 Å². The Morgan fingerprint density at radius 1 is 1.50 bits per heavy atom. The van der Waals surface area contributed by atoms with Crippen molar-refractivity contribution >= 4 is 21.7 Å². The van der Waals surface area contributed by atoms with Crippen molar-refractivity contribution < 1.29 is 4.74 Å². The minimum atomic E-state index is 0.679. The van der Waals surface area contributed by atoms with Crippen LogP contribution in [0.25, 0.3) is 0 Å². The molecule has 1 saturated carbocycles. The van der Waals surface area contributed by atoms with Gasteiger partial charge in [0, 0.05) is 17.9 Å². The van der Waals surface area contributed by atoms with Crippen LogP contribution >= 0.6 is 15.9 Å². The van der Waals surface area contributed by atoms with Crippen molar-refractivity contribution in [2.45, 2.75) is 25.3 Å². The molecule has 0 bridgehead atoms. The first-order valence-corrected chi connectivity index (χ1v) is 6.80. The van der Waals surface area contributed by atoms with Gasteiger partial charge in [0.1, 0.15) is 11.6 Å². The second-order valence-electron chi connectivity index (χ2n) is 4.02. The zero-order valence-corrected chi connectivity index (χ0v) is 11.1. The van der Waals surface area contributed by atoms with Crippen LogP contribution in [-0.2, 0) is 0 Å². The summed E-state index contributed by atoms with van der Waals surface area (Å²) in [6.45, 7) is 1.02. The van der Waals surface area contributed by atoms with Gasteiger partial charge in [-0.15, -0.1) is 0 Å². The first-order chi connectivity index (χ1) is 7.85. The Morgan fingerprint density at radius 2 is 2.31 bits per heavy atom. The molecule has 1 aliphatic rings. The summed E-state index contributed by atoms with van der Waals surface area (Å²) < 4.78 is 5.12. The van der Waals surface area contributed by atoms with E-state index in [9.17, 15) is 0 Å². The van der Waals surface area contributed by atoms with Crippen LogP contribution < -0.4 is 9.64 Å². The lowest BCUT2D eigenvalue weighted by Crippen LogP contribution is -2.41. The Labute approximate surface area is 105 Å². The fourth-order valence-electron chi connectivity index (χ4n) is 1.94. The van der Waals surface area contributed by atoms with E-state index in [1.165, 1.54) is 19.3 Å². The lowest BCUT2D eigenvalue weighted by molar-refractivity contribution is 0.388. The van der Waals surface area contributed by atoms with Gasteiger partial charge in [0.25, 0.3) is 0 Å². The second kappa shape index (κ2) is 5.53. The summed E-state index contributed by atoms with van der Waals surface area (Å²) in [5.41, 5.74) is 0. The second-order valence-corrected chi connectivity index (χ2v) is 4.82. The molecule has 4 heteroatoms. The minimum absolute atomic E-state index is 0.679. The molecule has 0 spiro atoms. The number of halogens is 1. The van der Waals surface area contributed by atoms with Gasteiger partial charge in [-0.2, -0.15) is 0 Å². The number of pyridine rings is 1. The van der Waals surface area contributed by atoms with E-state index >= 15 is 0 Å². The molecule has 88 valence electrons.